The van der Waals surface area contributed by atoms with Gasteiger partial charge >= 0.3 is 0 Å². The van der Waals surface area contributed by atoms with Crippen LogP contribution in [0.5, 0.6) is 0 Å². The van der Waals surface area contributed by atoms with Crippen molar-refractivity contribution in [3.8, 4) is 0 Å². The molecule has 0 aliphatic carbocycles. The molecule has 6 heteroatoms. The van der Waals surface area contributed by atoms with E-state index in [1.54, 1.807) is 4.90 Å². The van der Waals surface area contributed by atoms with Gasteiger partial charge in [0.15, 0.2) is 0 Å². The van der Waals surface area contributed by atoms with E-state index in [1.807, 2.05) is 31.2 Å². The third-order valence-corrected chi connectivity index (χ3v) is 5.05. The first-order chi connectivity index (χ1) is 10.6. The molecular weight excluding hydrogens is 316 g/mol. The van der Waals surface area contributed by atoms with E-state index < -0.39 is 0 Å². The predicted molar refractivity (Wildman–Crippen MR) is 93.6 cm³/mol. The number of rotatable bonds is 7. The van der Waals surface area contributed by atoms with Crippen LogP contribution in [0.25, 0.3) is 0 Å². The lowest BCUT2D eigenvalue weighted by atomic mass is 10.1. The van der Waals surface area contributed by atoms with E-state index in [0.717, 1.165) is 18.4 Å². The number of unbranched alkanes of at least 4 members (excludes halogenated alkanes) is 1. The Balaban J connectivity index is 1.63. The smallest absolute Gasteiger partial charge is 0.238 e. The third kappa shape index (κ3) is 4.81. The maximum Gasteiger partial charge on any atom is 0.238 e. The minimum Gasteiger partial charge on any atom is -0.352 e. The largest absolute Gasteiger partial charge is 0.352 e. The van der Waals surface area contributed by atoms with Gasteiger partial charge in [0.2, 0.25) is 11.8 Å². The van der Waals surface area contributed by atoms with Crippen molar-refractivity contribution >= 4 is 40.1 Å². The Hall–Kier alpha value is -1.40. The molecule has 2 rings (SSSR count). The van der Waals surface area contributed by atoms with Crippen molar-refractivity contribution in [3.05, 3.63) is 35.4 Å². The van der Waals surface area contributed by atoms with E-state index in [2.05, 4.69) is 5.32 Å². The van der Waals surface area contributed by atoms with Gasteiger partial charge in [-0.25, -0.2) is 0 Å². The summed E-state index contributed by atoms with van der Waals surface area (Å²) in [6.07, 6.45) is 2.04. The molecule has 1 N–H and O–H groups in total. The highest BCUT2D eigenvalue weighted by molar-refractivity contribution is 8.23. The van der Waals surface area contributed by atoms with Crippen LogP contribution in [-0.4, -0.2) is 33.3 Å². The van der Waals surface area contributed by atoms with Gasteiger partial charge in [0.25, 0.3) is 0 Å². The summed E-state index contributed by atoms with van der Waals surface area (Å²) in [5.74, 6) is 0.586. The maximum absolute atomic E-state index is 11.8. The summed E-state index contributed by atoms with van der Waals surface area (Å²) < 4.78 is 0.661. The van der Waals surface area contributed by atoms with E-state index in [1.165, 1.54) is 17.3 Å². The Labute approximate surface area is 140 Å². The Morgan fingerprint density at radius 1 is 1.36 bits per heavy atom. The van der Waals surface area contributed by atoms with Gasteiger partial charge in [-0.15, -0.1) is 0 Å². The van der Waals surface area contributed by atoms with Gasteiger partial charge in [-0.3, -0.25) is 14.5 Å². The van der Waals surface area contributed by atoms with Crippen LogP contribution >= 0.6 is 24.0 Å². The van der Waals surface area contributed by atoms with Gasteiger partial charge in [0, 0.05) is 19.5 Å². The third-order valence-electron chi connectivity index (χ3n) is 3.61. The standard InChI is InChI=1S/C16H20N2O2S2/c1-12-6-2-3-7-13(12)10-17-14(19)8-4-5-9-18-15(20)11-22-16(18)21/h2-3,6-7H,4-5,8-11H2,1H3,(H,17,19). The van der Waals surface area contributed by atoms with E-state index >= 15 is 0 Å². The average Bonchev–Trinajstić information content (AvgIpc) is 2.82. The van der Waals surface area contributed by atoms with Crippen LogP contribution in [0.1, 0.15) is 30.4 Å². The summed E-state index contributed by atoms with van der Waals surface area (Å²) >= 11 is 6.53. The molecule has 1 fully saturated rings. The fraction of sp³-hybridized carbons (Fsp3) is 0.438. The molecule has 0 bridgehead atoms. The number of carbonyl (C=O) groups is 2. The highest BCUT2D eigenvalue weighted by Gasteiger charge is 2.25. The predicted octanol–water partition coefficient (Wildman–Crippen LogP) is 2.64. The van der Waals surface area contributed by atoms with Gasteiger partial charge < -0.3 is 5.32 Å². The Morgan fingerprint density at radius 3 is 2.82 bits per heavy atom. The SMILES string of the molecule is Cc1ccccc1CNC(=O)CCCCN1C(=O)CSC1=S. The molecule has 1 aliphatic heterocycles. The quantitative estimate of drug-likeness (QED) is 0.614. The zero-order chi connectivity index (χ0) is 15.9. The zero-order valence-electron chi connectivity index (χ0n) is 12.6. The lowest BCUT2D eigenvalue weighted by Gasteiger charge is -2.14. The van der Waals surface area contributed by atoms with E-state index in [-0.39, 0.29) is 11.8 Å². The number of amides is 2. The summed E-state index contributed by atoms with van der Waals surface area (Å²) in [5, 5.41) is 2.94. The topological polar surface area (TPSA) is 49.4 Å². The minimum absolute atomic E-state index is 0.0490. The molecule has 0 unspecified atom stereocenters. The average molecular weight is 336 g/mol. The number of carbonyl (C=O) groups excluding carboxylic acids is 2. The van der Waals surface area contributed by atoms with Crippen LogP contribution in [0.2, 0.25) is 0 Å². The monoisotopic (exact) mass is 336 g/mol. The second kappa shape index (κ2) is 8.29. The molecule has 0 spiro atoms. The first-order valence-corrected chi connectivity index (χ1v) is 8.75. The number of aryl methyl sites for hydroxylation is 1. The number of hydrogen-bond donors (Lipinski definition) is 1. The van der Waals surface area contributed by atoms with Crippen LogP contribution in [0.3, 0.4) is 0 Å². The molecule has 0 saturated carbocycles. The molecule has 22 heavy (non-hydrogen) atoms. The summed E-state index contributed by atoms with van der Waals surface area (Å²) in [7, 11) is 0. The summed E-state index contributed by atoms with van der Waals surface area (Å²) in [6.45, 7) is 3.22. The van der Waals surface area contributed by atoms with Crippen molar-refractivity contribution in [2.24, 2.45) is 0 Å². The van der Waals surface area contributed by atoms with Crippen molar-refractivity contribution in [1.82, 2.24) is 10.2 Å². The molecule has 0 radical (unpaired) electrons. The van der Waals surface area contributed by atoms with Crippen LogP contribution in [-0.2, 0) is 16.1 Å². The van der Waals surface area contributed by atoms with Gasteiger partial charge in [-0.05, 0) is 30.9 Å². The summed E-state index contributed by atoms with van der Waals surface area (Å²) in [4.78, 5) is 25.0. The van der Waals surface area contributed by atoms with Gasteiger partial charge in [-0.1, -0.05) is 48.2 Å². The second-order valence-corrected chi connectivity index (χ2v) is 6.87. The first-order valence-electron chi connectivity index (χ1n) is 7.36. The molecule has 0 aromatic heterocycles. The van der Waals surface area contributed by atoms with E-state index in [0.29, 0.717) is 29.6 Å². The number of nitrogens with zero attached hydrogens (tertiary/aromatic N) is 1. The molecule has 118 valence electrons. The molecule has 1 aliphatic rings. The van der Waals surface area contributed by atoms with Crippen LogP contribution in [0.15, 0.2) is 24.3 Å². The number of hydrogen-bond acceptors (Lipinski definition) is 4. The number of thiocarbonyl (C=S) groups is 1. The molecule has 1 aromatic carbocycles. The molecule has 0 atom stereocenters. The summed E-state index contributed by atoms with van der Waals surface area (Å²) in [6, 6.07) is 8.02. The second-order valence-electron chi connectivity index (χ2n) is 5.26. The van der Waals surface area contributed by atoms with Gasteiger partial charge in [0.1, 0.15) is 4.32 Å². The fourth-order valence-electron chi connectivity index (χ4n) is 2.24. The Morgan fingerprint density at radius 2 is 2.14 bits per heavy atom. The van der Waals surface area contributed by atoms with Crippen LogP contribution in [0.4, 0.5) is 0 Å². The molecule has 4 nitrogen and oxygen atoms in total. The van der Waals surface area contributed by atoms with Gasteiger partial charge in [0.05, 0.1) is 5.75 Å². The van der Waals surface area contributed by atoms with Gasteiger partial charge in [-0.2, -0.15) is 0 Å². The van der Waals surface area contributed by atoms with Crippen molar-refractivity contribution in [2.75, 3.05) is 12.3 Å². The highest BCUT2D eigenvalue weighted by Crippen LogP contribution is 2.19. The fourth-order valence-corrected chi connectivity index (χ4v) is 3.36. The van der Waals surface area contributed by atoms with E-state index in [9.17, 15) is 9.59 Å². The maximum atomic E-state index is 11.8. The number of thioether (sulfide) groups is 1. The molecule has 1 heterocycles. The van der Waals surface area contributed by atoms with Crippen molar-refractivity contribution < 1.29 is 9.59 Å². The van der Waals surface area contributed by atoms with Crippen molar-refractivity contribution in [2.45, 2.75) is 32.7 Å². The highest BCUT2D eigenvalue weighted by atomic mass is 32.2. The number of benzene rings is 1. The lowest BCUT2D eigenvalue weighted by Crippen LogP contribution is -2.29. The molecule has 1 aromatic rings. The Kier molecular flexibility index (Phi) is 6.39. The Bertz CT molecular complexity index is 559. The molecule has 2 amide bonds. The summed E-state index contributed by atoms with van der Waals surface area (Å²) in [5.41, 5.74) is 2.32. The number of nitrogens with one attached hydrogen (secondary N) is 1. The minimum atomic E-state index is 0.0490. The zero-order valence-corrected chi connectivity index (χ0v) is 14.3. The van der Waals surface area contributed by atoms with E-state index in [4.69, 9.17) is 12.2 Å². The molecule has 1 saturated heterocycles. The molecular formula is C16H20N2O2S2. The van der Waals surface area contributed by atoms with Crippen LogP contribution in [0, 0.1) is 6.92 Å². The normalized spacial score (nSPS) is 14.5. The first kappa shape index (κ1) is 17.0. The van der Waals surface area contributed by atoms with Crippen LogP contribution < -0.4 is 5.32 Å². The van der Waals surface area contributed by atoms with Crippen molar-refractivity contribution in [1.29, 1.82) is 0 Å². The lowest BCUT2D eigenvalue weighted by molar-refractivity contribution is -0.124. The van der Waals surface area contributed by atoms with Crippen molar-refractivity contribution in [3.63, 3.8) is 0 Å².